The number of benzene rings is 2. The third-order valence-corrected chi connectivity index (χ3v) is 7.20. The Labute approximate surface area is 207 Å². The molecule has 0 bridgehead atoms. The first-order valence-corrected chi connectivity index (χ1v) is 13.3. The molecule has 0 spiro atoms. The summed E-state index contributed by atoms with van der Waals surface area (Å²) >= 11 is 0. The van der Waals surface area contributed by atoms with Gasteiger partial charge in [0.25, 0.3) is 0 Å². The molecule has 8 nitrogen and oxygen atoms in total. The van der Waals surface area contributed by atoms with Gasteiger partial charge in [-0.15, -0.1) is 0 Å². The summed E-state index contributed by atoms with van der Waals surface area (Å²) in [7, 11) is -3.65. The number of morpholine rings is 1. The highest BCUT2D eigenvalue weighted by molar-refractivity contribution is 7.94. The number of sulfone groups is 1. The molecule has 9 heteroatoms. The molecule has 2 atom stereocenters. The van der Waals surface area contributed by atoms with Crippen LogP contribution in [0, 0.1) is 5.92 Å². The second-order valence-corrected chi connectivity index (χ2v) is 10.6. The minimum absolute atomic E-state index is 0.0755. The van der Waals surface area contributed by atoms with Crippen molar-refractivity contribution in [1.29, 1.82) is 0 Å². The number of nitrogens with zero attached hydrogens (tertiary/aromatic N) is 1. The summed E-state index contributed by atoms with van der Waals surface area (Å²) in [6, 6.07) is 15.9. The predicted molar refractivity (Wildman–Crippen MR) is 134 cm³/mol. The molecule has 0 radical (unpaired) electrons. The Morgan fingerprint density at radius 3 is 2.17 bits per heavy atom. The Balaban J connectivity index is 1.75. The van der Waals surface area contributed by atoms with Crippen LogP contribution in [0.1, 0.15) is 19.4 Å². The van der Waals surface area contributed by atoms with Crippen LogP contribution in [-0.4, -0.2) is 63.6 Å². The van der Waals surface area contributed by atoms with Gasteiger partial charge in [0.15, 0.2) is 9.84 Å². The van der Waals surface area contributed by atoms with Crippen LogP contribution in [-0.2, 0) is 25.8 Å². The van der Waals surface area contributed by atoms with Crippen molar-refractivity contribution < 1.29 is 22.7 Å². The lowest BCUT2D eigenvalue weighted by molar-refractivity contribution is -0.123. The van der Waals surface area contributed by atoms with E-state index in [0.29, 0.717) is 32.7 Å². The zero-order chi connectivity index (χ0) is 25.3. The molecule has 2 N–H and O–H groups in total. The molecule has 1 fully saturated rings. The van der Waals surface area contributed by atoms with E-state index in [1.165, 1.54) is 18.2 Å². The van der Waals surface area contributed by atoms with E-state index < -0.39 is 21.9 Å². The highest BCUT2D eigenvalue weighted by atomic mass is 32.2. The topological polar surface area (TPSA) is 105 Å². The summed E-state index contributed by atoms with van der Waals surface area (Å²) in [5, 5.41) is 6.91. The smallest absolute Gasteiger partial charge is 0.318 e. The molecule has 1 aliphatic rings. The van der Waals surface area contributed by atoms with Crippen molar-refractivity contribution in [2.75, 3.05) is 26.3 Å². The van der Waals surface area contributed by atoms with Gasteiger partial charge in [-0.25, -0.2) is 13.2 Å². The summed E-state index contributed by atoms with van der Waals surface area (Å²) in [5.74, 6) is -0.454. The minimum atomic E-state index is -3.65. The van der Waals surface area contributed by atoms with Crippen LogP contribution in [0.25, 0.3) is 0 Å². The molecule has 35 heavy (non-hydrogen) atoms. The van der Waals surface area contributed by atoms with Crippen molar-refractivity contribution in [3.63, 3.8) is 0 Å². The van der Waals surface area contributed by atoms with Crippen molar-refractivity contribution >= 4 is 21.8 Å². The number of hydrogen-bond donors (Lipinski definition) is 2. The number of carbonyl (C=O) groups excluding carboxylic acids is 2. The van der Waals surface area contributed by atoms with E-state index in [2.05, 4.69) is 10.6 Å². The summed E-state index contributed by atoms with van der Waals surface area (Å²) in [5.41, 5.74) is 0.901. The molecule has 3 rings (SSSR count). The van der Waals surface area contributed by atoms with Gasteiger partial charge < -0.3 is 20.3 Å². The normalized spacial score (nSPS) is 16.1. The van der Waals surface area contributed by atoms with E-state index in [1.54, 1.807) is 23.1 Å². The Morgan fingerprint density at radius 2 is 1.57 bits per heavy atom. The zero-order valence-electron chi connectivity index (χ0n) is 20.1. The van der Waals surface area contributed by atoms with Gasteiger partial charge in [0.1, 0.15) is 6.04 Å². The Kier molecular flexibility index (Phi) is 9.45. The van der Waals surface area contributed by atoms with Crippen molar-refractivity contribution in [3.05, 3.63) is 77.7 Å². The second-order valence-electron chi connectivity index (χ2n) is 8.76. The second kappa shape index (κ2) is 12.5. The molecule has 0 aromatic heterocycles. The standard InChI is InChI=1S/C26H33N3O5S/c1-20(2)23(13-18-35(32,33)22-11-7-4-8-12-22)27-25(30)24(19-21-9-5-3-6-10-21)28-26(31)29-14-16-34-17-15-29/h3-13,18,20,23-24H,14-17,19H2,1-2H3,(H,27,30)(H,28,31)/t23-,24+/m1/s1. The van der Waals surface area contributed by atoms with Crippen LogP contribution >= 0.6 is 0 Å². The van der Waals surface area contributed by atoms with Gasteiger partial charge in [0.2, 0.25) is 5.91 Å². The number of urea groups is 1. The minimum Gasteiger partial charge on any atom is -0.378 e. The van der Waals surface area contributed by atoms with Gasteiger partial charge in [-0.2, -0.15) is 0 Å². The average Bonchev–Trinajstić information content (AvgIpc) is 2.87. The van der Waals surface area contributed by atoms with Gasteiger partial charge in [-0.05, 0) is 23.6 Å². The van der Waals surface area contributed by atoms with E-state index in [0.717, 1.165) is 11.0 Å². The average molecular weight is 500 g/mol. The number of nitrogens with one attached hydrogen (secondary N) is 2. The molecule has 1 heterocycles. The Bertz CT molecular complexity index is 1100. The zero-order valence-corrected chi connectivity index (χ0v) is 20.9. The summed E-state index contributed by atoms with van der Waals surface area (Å²) in [6.07, 6.45) is 1.80. The largest absolute Gasteiger partial charge is 0.378 e. The molecule has 188 valence electrons. The highest BCUT2D eigenvalue weighted by Crippen LogP contribution is 2.14. The third kappa shape index (κ3) is 7.93. The first-order chi connectivity index (χ1) is 16.8. The van der Waals surface area contributed by atoms with E-state index in [-0.39, 0.29) is 22.8 Å². The highest BCUT2D eigenvalue weighted by Gasteiger charge is 2.27. The van der Waals surface area contributed by atoms with Crippen LogP contribution in [0.2, 0.25) is 0 Å². The lowest BCUT2D eigenvalue weighted by Crippen LogP contribution is -2.55. The monoisotopic (exact) mass is 499 g/mol. The quantitative estimate of drug-likeness (QED) is 0.552. The maximum absolute atomic E-state index is 13.3. The maximum Gasteiger partial charge on any atom is 0.318 e. The molecular formula is C26H33N3O5S. The summed E-state index contributed by atoms with van der Waals surface area (Å²) < 4.78 is 30.6. The molecule has 2 aromatic carbocycles. The van der Waals surface area contributed by atoms with Crippen LogP contribution in [0.4, 0.5) is 4.79 Å². The third-order valence-electron chi connectivity index (χ3n) is 5.76. The molecule has 0 unspecified atom stereocenters. The molecular weight excluding hydrogens is 466 g/mol. The maximum atomic E-state index is 13.3. The van der Waals surface area contributed by atoms with Crippen molar-refractivity contribution in [1.82, 2.24) is 15.5 Å². The fourth-order valence-corrected chi connectivity index (χ4v) is 4.71. The van der Waals surface area contributed by atoms with Gasteiger partial charge in [-0.1, -0.05) is 68.5 Å². The first-order valence-electron chi connectivity index (χ1n) is 11.7. The lowest BCUT2D eigenvalue weighted by atomic mass is 10.0. The van der Waals surface area contributed by atoms with Crippen molar-refractivity contribution in [2.24, 2.45) is 5.92 Å². The van der Waals surface area contributed by atoms with Crippen LogP contribution in [0.15, 0.2) is 77.0 Å². The predicted octanol–water partition coefficient (Wildman–Crippen LogP) is 2.77. The fraction of sp³-hybridized carbons (Fsp3) is 0.385. The summed E-state index contributed by atoms with van der Waals surface area (Å²) in [4.78, 5) is 28.0. The number of rotatable bonds is 9. The van der Waals surface area contributed by atoms with Crippen molar-refractivity contribution in [2.45, 2.75) is 37.2 Å². The number of ether oxygens (including phenoxy) is 1. The van der Waals surface area contributed by atoms with Crippen LogP contribution in [0.5, 0.6) is 0 Å². The molecule has 3 amide bonds. The van der Waals surface area contributed by atoms with E-state index >= 15 is 0 Å². The number of carbonyl (C=O) groups is 2. The lowest BCUT2D eigenvalue weighted by Gasteiger charge is -2.30. The van der Waals surface area contributed by atoms with Crippen LogP contribution in [0.3, 0.4) is 0 Å². The van der Waals surface area contributed by atoms with E-state index in [1.807, 2.05) is 44.2 Å². The van der Waals surface area contributed by atoms with Gasteiger partial charge in [-0.3, -0.25) is 4.79 Å². The van der Waals surface area contributed by atoms with Gasteiger partial charge >= 0.3 is 6.03 Å². The van der Waals surface area contributed by atoms with Gasteiger partial charge in [0, 0.05) is 24.9 Å². The Hall–Kier alpha value is -3.17. The number of amides is 3. The fourth-order valence-electron chi connectivity index (χ4n) is 3.64. The van der Waals surface area contributed by atoms with Crippen LogP contribution < -0.4 is 10.6 Å². The van der Waals surface area contributed by atoms with E-state index in [9.17, 15) is 18.0 Å². The molecule has 2 aromatic rings. The van der Waals surface area contributed by atoms with E-state index in [4.69, 9.17) is 4.74 Å². The molecule has 1 saturated heterocycles. The Morgan fingerprint density at radius 1 is 0.971 bits per heavy atom. The summed E-state index contributed by atoms with van der Waals surface area (Å²) in [6.45, 7) is 5.62. The van der Waals surface area contributed by atoms with Gasteiger partial charge in [0.05, 0.1) is 24.2 Å². The molecule has 0 saturated carbocycles. The SMILES string of the molecule is CC(C)[C@@H](C=CS(=O)(=O)c1ccccc1)NC(=O)[C@H](Cc1ccccc1)NC(=O)N1CCOCC1. The first kappa shape index (κ1) is 26.4. The van der Waals surface area contributed by atoms with Crippen molar-refractivity contribution in [3.8, 4) is 0 Å². The molecule has 1 aliphatic heterocycles. The molecule has 0 aliphatic carbocycles. The number of hydrogen-bond acceptors (Lipinski definition) is 5.